The lowest BCUT2D eigenvalue weighted by molar-refractivity contribution is 0.0533. The van der Waals surface area contributed by atoms with E-state index in [1.54, 1.807) is 17.0 Å². The molecule has 2 aromatic carbocycles. The number of para-hydroxylation sites is 1. The fourth-order valence-electron chi connectivity index (χ4n) is 4.67. The number of aromatic nitrogens is 1. The second-order valence-corrected chi connectivity index (χ2v) is 10.6. The van der Waals surface area contributed by atoms with Gasteiger partial charge in [-0.3, -0.25) is 0 Å². The largest absolute Gasteiger partial charge is 0.378 e. The SMILES string of the molecule is O=C(NCCNS(=O)(=O)c1ccc(N2CCCC2)c(-c2cc3ccccc3[nH]2)c1)N1CCOCC1. The predicted molar refractivity (Wildman–Crippen MR) is 136 cm³/mol. The Balaban J connectivity index is 1.33. The molecule has 3 N–H and O–H groups in total. The number of amides is 2. The molecule has 35 heavy (non-hydrogen) atoms. The van der Waals surface area contributed by atoms with Crippen LogP contribution in [0.3, 0.4) is 0 Å². The number of morpholine rings is 1. The number of benzene rings is 2. The summed E-state index contributed by atoms with van der Waals surface area (Å²) in [6.45, 7) is 4.35. The first-order valence-corrected chi connectivity index (χ1v) is 13.6. The molecule has 10 heteroatoms. The van der Waals surface area contributed by atoms with Crippen molar-refractivity contribution in [2.75, 3.05) is 57.4 Å². The van der Waals surface area contributed by atoms with E-state index in [-0.39, 0.29) is 24.0 Å². The summed E-state index contributed by atoms with van der Waals surface area (Å²) in [6.07, 6.45) is 2.26. The van der Waals surface area contributed by atoms with Crippen LogP contribution in [0.25, 0.3) is 22.2 Å². The van der Waals surface area contributed by atoms with Gasteiger partial charge >= 0.3 is 6.03 Å². The maximum atomic E-state index is 13.1. The number of ether oxygens (including phenoxy) is 1. The second-order valence-electron chi connectivity index (χ2n) is 8.87. The molecule has 2 aliphatic heterocycles. The normalized spacial score (nSPS) is 16.7. The van der Waals surface area contributed by atoms with Crippen LogP contribution in [0.2, 0.25) is 0 Å². The maximum absolute atomic E-state index is 13.1. The van der Waals surface area contributed by atoms with Gasteiger partial charge in [0.15, 0.2) is 0 Å². The van der Waals surface area contributed by atoms with Crippen LogP contribution in [0.5, 0.6) is 0 Å². The first-order valence-electron chi connectivity index (χ1n) is 12.1. The molecule has 0 unspecified atom stereocenters. The number of hydrogen-bond donors (Lipinski definition) is 3. The number of nitrogens with zero attached hydrogens (tertiary/aromatic N) is 2. The van der Waals surface area contributed by atoms with Crippen LogP contribution in [-0.2, 0) is 14.8 Å². The van der Waals surface area contributed by atoms with Crippen LogP contribution >= 0.6 is 0 Å². The number of carbonyl (C=O) groups excluding carboxylic acids is 1. The van der Waals surface area contributed by atoms with E-state index in [9.17, 15) is 13.2 Å². The lowest BCUT2D eigenvalue weighted by Crippen LogP contribution is -2.47. The van der Waals surface area contributed by atoms with Gasteiger partial charge in [-0.05, 0) is 43.2 Å². The monoisotopic (exact) mass is 497 g/mol. The van der Waals surface area contributed by atoms with Crippen molar-refractivity contribution in [1.29, 1.82) is 0 Å². The van der Waals surface area contributed by atoms with Crippen molar-refractivity contribution in [2.24, 2.45) is 0 Å². The van der Waals surface area contributed by atoms with E-state index in [0.717, 1.165) is 53.8 Å². The van der Waals surface area contributed by atoms with E-state index in [4.69, 9.17) is 4.74 Å². The molecule has 5 rings (SSSR count). The van der Waals surface area contributed by atoms with Crippen molar-refractivity contribution < 1.29 is 17.9 Å². The Morgan fingerprint density at radius 3 is 2.51 bits per heavy atom. The summed E-state index contributed by atoms with van der Waals surface area (Å²) >= 11 is 0. The summed E-state index contributed by atoms with van der Waals surface area (Å²) < 4.78 is 34.1. The summed E-state index contributed by atoms with van der Waals surface area (Å²) in [5.74, 6) is 0. The van der Waals surface area contributed by atoms with Crippen LogP contribution in [-0.4, -0.2) is 76.8 Å². The van der Waals surface area contributed by atoms with Crippen molar-refractivity contribution in [3.63, 3.8) is 0 Å². The molecule has 186 valence electrons. The molecule has 9 nitrogen and oxygen atoms in total. The standard InChI is InChI=1S/C25H31N5O4S/c31-25(30-13-15-34-16-14-30)26-9-10-27-35(32,33)20-7-8-24(29-11-3-4-12-29)21(18-20)23-17-19-5-1-2-6-22(19)28-23/h1-2,5-8,17-18,27-28H,3-4,9-16H2,(H,26,31). The van der Waals surface area contributed by atoms with Crippen LogP contribution in [0.15, 0.2) is 53.4 Å². The number of rotatable bonds is 7. The summed E-state index contributed by atoms with van der Waals surface area (Å²) in [5.41, 5.74) is 3.80. The topological polar surface area (TPSA) is 107 Å². The number of H-pyrrole nitrogens is 1. The van der Waals surface area contributed by atoms with Crippen molar-refractivity contribution in [1.82, 2.24) is 19.9 Å². The third-order valence-corrected chi connectivity index (χ3v) is 8.00. The summed E-state index contributed by atoms with van der Waals surface area (Å²) in [7, 11) is -3.75. The lowest BCUT2D eigenvalue weighted by Gasteiger charge is -2.26. The zero-order valence-corrected chi connectivity index (χ0v) is 20.4. The number of urea groups is 1. The molecule has 2 saturated heterocycles. The van der Waals surface area contributed by atoms with E-state index in [1.807, 2.05) is 30.3 Å². The van der Waals surface area contributed by atoms with Gasteiger partial charge in [-0.1, -0.05) is 18.2 Å². The van der Waals surface area contributed by atoms with E-state index >= 15 is 0 Å². The first-order chi connectivity index (χ1) is 17.0. The van der Waals surface area contributed by atoms with Gasteiger partial charge in [0.05, 0.1) is 18.1 Å². The van der Waals surface area contributed by atoms with E-state index in [0.29, 0.717) is 26.3 Å². The Labute approximate surface area is 205 Å². The molecule has 0 aliphatic carbocycles. The zero-order valence-electron chi connectivity index (χ0n) is 19.6. The lowest BCUT2D eigenvalue weighted by atomic mass is 10.1. The molecule has 2 amide bonds. The van der Waals surface area contributed by atoms with Crippen LogP contribution in [0, 0.1) is 0 Å². The molecule has 0 saturated carbocycles. The molecule has 0 radical (unpaired) electrons. The van der Waals surface area contributed by atoms with E-state index in [2.05, 4.69) is 26.0 Å². The molecule has 2 fully saturated rings. The number of sulfonamides is 1. The highest BCUT2D eigenvalue weighted by Crippen LogP contribution is 2.36. The summed E-state index contributed by atoms with van der Waals surface area (Å²) in [5, 5.41) is 3.85. The molecule has 3 heterocycles. The highest BCUT2D eigenvalue weighted by Gasteiger charge is 2.22. The molecule has 0 atom stereocenters. The maximum Gasteiger partial charge on any atom is 0.317 e. The smallest absolute Gasteiger partial charge is 0.317 e. The van der Waals surface area contributed by atoms with Gasteiger partial charge in [-0.2, -0.15) is 0 Å². The van der Waals surface area contributed by atoms with E-state index in [1.165, 1.54) is 0 Å². The minimum absolute atomic E-state index is 0.105. The molecule has 0 spiro atoms. The Hall–Kier alpha value is -3.08. The minimum Gasteiger partial charge on any atom is -0.378 e. The van der Waals surface area contributed by atoms with Crippen molar-refractivity contribution in [2.45, 2.75) is 17.7 Å². The highest BCUT2D eigenvalue weighted by atomic mass is 32.2. The molecule has 3 aromatic rings. The third kappa shape index (κ3) is 5.29. The van der Waals surface area contributed by atoms with Crippen LogP contribution in [0.1, 0.15) is 12.8 Å². The van der Waals surface area contributed by atoms with Gasteiger partial charge in [0.2, 0.25) is 10.0 Å². The average molecular weight is 498 g/mol. The quantitative estimate of drug-likeness (QED) is 0.435. The van der Waals surface area contributed by atoms with Gasteiger partial charge in [0.25, 0.3) is 0 Å². The molecule has 0 bridgehead atoms. The Morgan fingerprint density at radius 1 is 0.971 bits per heavy atom. The Bertz CT molecular complexity index is 1260. The first kappa shape index (κ1) is 23.7. The van der Waals surface area contributed by atoms with Gasteiger partial charge in [0.1, 0.15) is 0 Å². The van der Waals surface area contributed by atoms with Crippen LogP contribution in [0.4, 0.5) is 10.5 Å². The van der Waals surface area contributed by atoms with E-state index < -0.39 is 10.0 Å². The van der Waals surface area contributed by atoms with Gasteiger partial charge in [0, 0.05) is 67.1 Å². The Morgan fingerprint density at radius 2 is 1.74 bits per heavy atom. The second kappa shape index (κ2) is 10.3. The van der Waals surface area contributed by atoms with Gasteiger partial charge in [-0.15, -0.1) is 0 Å². The number of anilines is 1. The minimum atomic E-state index is -3.75. The van der Waals surface area contributed by atoms with Crippen LogP contribution < -0.4 is 14.9 Å². The summed E-state index contributed by atoms with van der Waals surface area (Å²) in [4.78, 5) is 19.8. The molecule has 1 aromatic heterocycles. The van der Waals surface area contributed by atoms with Crippen molar-refractivity contribution in [3.8, 4) is 11.3 Å². The highest BCUT2D eigenvalue weighted by molar-refractivity contribution is 7.89. The number of aromatic amines is 1. The number of hydrogen-bond acceptors (Lipinski definition) is 5. The average Bonchev–Trinajstić information content (AvgIpc) is 3.57. The number of fused-ring (bicyclic) bond motifs is 1. The Kier molecular flexibility index (Phi) is 6.94. The third-order valence-electron chi connectivity index (χ3n) is 6.54. The fraction of sp³-hybridized carbons (Fsp3) is 0.400. The number of nitrogens with one attached hydrogen (secondary N) is 3. The molecule has 2 aliphatic rings. The molecular formula is C25H31N5O4S. The summed E-state index contributed by atoms with van der Waals surface area (Å²) in [6, 6.07) is 15.2. The fourth-order valence-corrected chi connectivity index (χ4v) is 5.72. The van der Waals surface area contributed by atoms with Gasteiger partial charge < -0.3 is 24.8 Å². The zero-order chi connectivity index (χ0) is 24.3. The van der Waals surface area contributed by atoms with Crippen molar-refractivity contribution >= 4 is 32.6 Å². The molecular weight excluding hydrogens is 466 g/mol. The van der Waals surface area contributed by atoms with Gasteiger partial charge in [-0.25, -0.2) is 17.9 Å². The van der Waals surface area contributed by atoms with Crippen molar-refractivity contribution in [3.05, 3.63) is 48.5 Å². The number of carbonyl (C=O) groups is 1. The predicted octanol–water partition coefficient (Wildman–Crippen LogP) is 2.76.